The van der Waals surface area contributed by atoms with Crippen LogP contribution in [0.5, 0.6) is 0 Å². The van der Waals surface area contributed by atoms with Crippen molar-refractivity contribution in [3.8, 4) is 0 Å². The summed E-state index contributed by atoms with van der Waals surface area (Å²) in [6.45, 7) is 0.800. The average Bonchev–Trinajstić information content (AvgIpc) is 2.87. The van der Waals surface area contributed by atoms with E-state index >= 15 is 0 Å². The lowest BCUT2D eigenvalue weighted by Gasteiger charge is -2.10. The van der Waals surface area contributed by atoms with Crippen LogP contribution in [0.15, 0.2) is 0 Å². The van der Waals surface area contributed by atoms with Crippen molar-refractivity contribution in [1.29, 1.82) is 0 Å². The number of hydrogen-bond acceptors (Lipinski definition) is 6. The van der Waals surface area contributed by atoms with Gasteiger partial charge < -0.3 is 21.1 Å². The molecule has 0 aliphatic heterocycles. The van der Waals surface area contributed by atoms with E-state index in [1.807, 2.05) is 0 Å². The standard InChI is InChI=1S/C8H13N7O4/c1-4(7-12-14-15-13-7)11-8(19)10-2-5(16)9-3-6(17)18/h4H,2-3H2,1H3,(H,9,16)(H,17,18)(H2,10,11,19)(H,12,13,14,15). The number of carbonyl (C=O) groups excluding carboxylic acids is 2. The smallest absolute Gasteiger partial charge is 0.322 e. The van der Waals surface area contributed by atoms with E-state index in [-0.39, 0.29) is 6.54 Å². The number of urea groups is 1. The first-order valence-corrected chi connectivity index (χ1v) is 5.25. The molecule has 1 unspecified atom stereocenters. The number of hydrogen-bond donors (Lipinski definition) is 5. The summed E-state index contributed by atoms with van der Waals surface area (Å²) in [6.07, 6.45) is 0. The quantitative estimate of drug-likeness (QED) is 0.390. The molecular formula is C8H13N7O4. The number of amides is 3. The highest BCUT2D eigenvalue weighted by atomic mass is 16.4. The van der Waals surface area contributed by atoms with Gasteiger partial charge in [-0.1, -0.05) is 5.21 Å². The summed E-state index contributed by atoms with van der Waals surface area (Å²) in [5.41, 5.74) is 0. The van der Waals surface area contributed by atoms with Gasteiger partial charge in [-0.25, -0.2) is 4.79 Å². The predicted octanol–water partition coefficient (Wildman–Crippen LogP) is -2.24. The zero-order chi connectivity index (χ0) is 14.3. The fourth-order valence-electron chi connectivity index (χ4n) is 1.06. The van der Waals surface area contributed by atoms with E-state index in [0.29, 0.717) is 5.82 Å². The first kappa shape index (κ1) is 14.3. The number of nitrogens with one attached hydrogen (secondary N) is 4. The molecule has 0 aliphatic rings. The Bertz CT molecular complexity index is 446. The monoisotopic (exact) mass is 271 g/mol. The van der Waals surface area contributed by atoms with Crippen molar-refractivity contribution in [2.24, 2.45) is 0 Å². The van der Waals surface area contributed by atoms with Crippen molar-refractivity contribution in [3.63, 3.8) is 0 Å². The molecule has 11 nitrogen and oxygen atoms in total. The highest BCUT2D eigenvalue weighted by molar-refractivity contribution is 5.86. The number of aromatic amines is 1. The number of H-pyrrole nitrogens is 1. The van der Waals surface area contributed by atoms with Gasteiger partial charge >= 0.3 is 12.0 Å². The third-order valence-electron chi connectivity index (χ3n) is 1.94. The molecule has 1 heterocycles. The Morgan fingerprint density at radius 2 is 2.05 bits per heavy atom. The van der Waals surface area contributed by atoms with Gasteiger partial charge in [-0.05, 0) is 6.92 Å². The molecule has 1 atom stereocenters. The number of aromatic nitrogens is 4. The first-order valence-electron chi connectivity index (χ1n) is 5.25. The van der Waals surface area contributed by atoms with E-state index in [1.165, 1.54) is 0 Å². The molecule has 0 saturated carbocycles. The van der Waals surface area contributed by atoms with Gasteiger partial charge in [0, 0.05) is 0 Å². The van der Waals surface area contributed by atoms with Crippen molar-refractivity contribution in [2.45, 2.75) is 13.0 Å². The van der Waals surface area contributed by atoms with Crippen LogP contribution in [0.2, 0.25) is 0 Å². The zero-order valence-corrected chi connectivity index (χ0v) is 10.0. The molecule has 1 rings (SSSR count). The van der Waals surface area contributed by atoms with Crippen molar-refractivity contribution >= 4 is 17.9 Å². The molecule has 1 aromatic rings. The second-order valence-electron chi connectivity index (χ2n) is 3.49. The van der Waals surface area contributed by atoms with Crippen molar-refractivity contribution in [1.82, 2.24) is 36.6 Å². The fourth-order valence-corrected chi connectivity index (χ4v) is 1.06. The lowest BCUT2D eigenvalue weighted by molar-refractivity contribution is -0.137. The van der Waals surface area contributed by atoms with Gasteiger partial charge in [0.1, 0.15) is 6.54 Å². The zero-order valence-electron chi connectivity index (χ0n) is 10.0. The average molecular weight is 271 g/mol. The van der Waals surface area contributed by atoms with Crippen LogP contribution in [0.3, 0.4) is 0 Å². The third kappa shape index (κ3) is 5.43. The van der Waals surface area contributed by atoms with Gasteiger partial charge in [-0.3, -0.25) is 9.59 Å². The minimum atomic E-state index is -1.16. The van der Waals surface area contributed by atoms with Gasteiger partial charge in [-0.15, -0.1) is 10.2 Å². The third-order valence-corrected chi connectivity index (χ3v) is 1.94. The summed E-state index contributed by atoms with van der Waals surface area (Å²) in [7, 11) is 0. The maximum absolute atomic E-state index is 11.4. The Balaban J connectivity index is 2.24. The SMILES string of the molecule is CC(NC(=O)NCC(=O)NCC(=O)O)c1nn[nH]n1. The number of carboxylic acids is 1. The van der Waals surface area contributed by atoms with E-state index in [2.05, 4.69) is 36.6 Å². The predicted molar refractivity (Wildman–Crippen MR) is 59.8 cm³/mol. The highest BCUT2D eigenvalue weighted by Gasteiger charge is 2.13. The second kappa shape index (κ2) is 6.88. The van der Waals surface area contributed by atoms with Crippen LogP contribution in [-0.4, -0.2) is 56.7 Å². The number of rotatable bonds is 6. The molecule has 104 valence electrons. The van der Waals surface area contributed by atoms with Crippen molar-refractivity contribution in [3.05, 3.63) is 5.82 Å². The lowest BCUT2D eigenvalue weighted by Crippen LogP contribution is -2.43. The fraction of sp³-hybridized carbons (Fsp3) is 0.500. The number of aliphatic carboxylic acids is 1. The molecule has 0 fully saturated rings. The molecule has 1 aromatic heterocycles. The molecule has 0 saturated heterocycles. The summed E-state index contributed by atoms with van der Waals surface area (Å²) in [5.74, 6) is -1.47. The molecule has 0 aromatic carbocycles. The molecule has 5 N–H and O–H groups in total. The molecule has 0 radical (unpaired) electrons. The molecule has 0 aliphatic carbocycles. The van der Waals surface area contributed by atoms with Crippen LogP contribution in [0.4, 0.5) is 4.79 Å². The number of tetrazole rings is 1. The molecule has 19 heavy (non-hydrogen) atoms. The summed E-state index contributed by atoms with van der Waals surface area (Å²) in [4.78, 5) is 32.7. The highest BCUT2D eigenvalue weighted by Crippen LogP contribution is 2.01. The second-order valence-corrected chi connectivity index (χ2v) is 3.49. The topological polar surface area (TPSA) is 162 Å². The number of carboxylic acid groups (broad SMARTS) is 1. The Morgan fingerprint density at radius 3 is 2.63 bits per heavy atom. The number of nitrogens with zero attached hydrogens (tertiary/aromatic N) is 3. The number of carbonyl (C=O) groups is 3. The van der Waals surface area contributed by atoms with Crippen LogP contribution < -0.4 is 16.0 Å². The first-order chi connectivity index (χ1) is 8.99. The summed E-state index contributed by atoms with van der Waals surface area (Å²) in [6, 6.07) is -1.09. The minimum Gasteiger partial charge on any atom is -0.480 e. The Hall–Kier alpha value is -2.72. The van der Waals surface area contributed by atoms with Crippen LogP contribution in [0.25, 0.3) is 0 Å². The molecule has 0 bridgehead atoms. The van der Waals surface area contributed by atoms with Gasteiger partial charge in [0.15, 0.2) is 5.82 Å². The maximum Gasteiger partial charge on any atom is 0.322 e. The van der Waals surface area contributed by atoms with E-state index in [9.17, 15) is 14.4 Å². The van der Waals surface area contributed by atoms with Crippen LogP contribution in [0, 0.1) is 0 Å². The van der Waals surface area contributed by atoms with Crippen molar-refractivity contribution < 1.29 is 19.5 Å². The lowest BCUT2D eigenvalue weighted by atomic mass is 10.3. The molecule has 11 heteroatoms. The Labute approximate surface area is 107 Å². The van der Waals surface area contributed by atoms with E-state index < -0.39 is 30.5 Å². The molecular weight excluding hydrogens is 258 g/mol. The molecule has 3 amide bonds. The minimum absolute atomic E-state index is 0.297. The molecule has 0 spiro atoms. The Kier molecular flexibility index (Phi) is 5.19. The van der Waals surface area contributed by atoms with Gasteiger partial charge in [0.05, 0.1) is 12.6 Å². The van der Waals surface area contributed by atoms with E-state index in [4.69, 9.17) is 5.11 Å². The van der Waals surface area contributed by atoms with Gasteiger partial charge in [0.2, 0.25) is 5.91 Å². The van der Waals surface area contributed by atoms with Crippen LogP contribution in [0.1, 0.15) is 18.8 Å². The Morgan fingerprint density at radius 1 is 1.32 bits per heavy atom. The summed E-state index contributed by atoms with van der Waals surface area (Å²) < 4.78 is 0. The normalized spacial score (nSPS) is 11.4. The van der Waals surface area contributed by atoms with Crippen molar-refractivity contribution in [2.75, 3.05) is 13.1 Å². The largest absolute Gasteiger partial charge is 0.480 e. The maximum atomic E-state index is 11.4. The summed E-state index contributed by atoms with van der Waals surface area (Å²) >= 11 is 0. The van der Waals surface area contributed by atoms with E-state index in [0.717, 1.165) is 0 Å². The van der Waals surface area contributed by atoms with E-state index in [1.54, 1.807) is 6.92 Å². The van der Waals surface area contributed by atoms with Gasteiger partial charge in [0.25, 0.3) is 0 Å². The van der Waals surface area contributed by atoms with Gasteiger partial charge in [-0.2, -0.15) is 5.21 Å². The van der Waals surface area contributed by atoms with Crippen LogP contribution in [-0.2, 0) is 9.59 Å². The van der Waals surface area contributed by atoms with Crippen LogP contribution >= 0.6 is 0 Å². The summed E-state index contributed by atoms with van der Waals surface area (Å²) in [5, 5.41) is 28.1.